The zero-order chi connectivity index (χ0) is 12.4. The molecule has 7 heteroatoms. The molecule has 1 aliphatic rings. The van der Waals surface area contributed by atoms with E-state index < -0.39 is 11.2 Å². The molecule has 2 heterocycles. The van der Waals surface area contributed by atoms with Crippen LogP contribution in [0.15, 0.2) is 9.59 Å². The van der Waals surface area contributed by atoms with Gasteiger partial charge in [0.2, 0.25) is 0 Å². The number of ether oxygens (including phenoxy) is 1. The summed E-state index contributed by atoms with van der Waals surface area (Å²) < 4.78 is 6.44. The summed E-state index contributed by atoms with van der Waals surface area (Å²) in [6.07, 6.45) is 1.64. The Morgan fingerprint density at radius 1 is 1.41 bits per heavy atom. The lowest BCUT2D eigenvalue weighted by atomic mass is 10.1. The predicted octanol–water partition coefficient (Wildman–Crippen LogP) is -0.753. The number of aromatic amines is 1. The Bertz CT molecular complexity index is 513. The SMILES string of the molecule is Cn1c(N)c(NC2CCOCC2)c(=O)[nH]c1=O. The quantitative estimate of drug-likeness (QED) is 0.631. The van der Waals surface area contributed by atoms with Crippen molar-refractivity contribution in [2.45, 2.75) is 18.9 Å². The van der Waals surface area contributed by atoms with Gasteiger partial charge in [-0.3, -0.25) is 14.3 Å². The third-order valence-electron chi connectivity index (χ3n) is 2.94. The summed E-state index contributed by atoms with van der Waals surface area (Å²) in [7, 11) is 1.52. The molecule has 1 aromatic rings. The molecule has 0 aliphatic carbocycles. The summed E-state index contributed by atoms with van der Waals surface area (Å²) >= 11 is 0. The average Bonchev–Trinajstić information content (AvgIpc) is 2.33. The van der Waals surface area contributed by atoms with Gasteiger partial charge in [0.1, 0.15) is 11.5 Å². The van der Waals surface area contributed by atoms with E-state index in [0.717, 1.165) is 12.8 Å². The van der Waals surface area contributed by atoms with Crippen LogP contribution in [-0.2, 0) is 11.8 Å². The molecule has 0 saturated carbocycles. The Balaban J connectivity index is 2.29. The zero-order valence-corrected chi connectivity index (χ0v) is 9.66. The predicted molar refractivity (Wildman–Crippen MR) is 64.2 cm³/mol. The van der Waals surface area contributed by atoms with Gasteiger partial charge in [0.25, 0.3) is 5.56 Å². The fraction of sp³-hybridized carbons (Fsp3) is 0.600. The topological polar surface area (TPSA) is 102 Å². The van der Waals surface area contributed by atoms with E-state index in [4.69, 9.17) is 10.5 Å². The van der Waals surface area contributed by atoms with Gasteiger partial charge in [-0.2, -0.15) is 0 Å². The van der Waals surface area contributed by atoms with Gasteiger partial charge in [-0.1, -0.05) is 0 Å². The third kappa shape index (κ3) is 2.33. The molecule has 2 rings (SSSR count). The molecule has 0 spiro atoms. The van der Waals surface area contributed by atoms with Crippen LogP contribution in [0.1, 0.15) is 12.8 Å². The third-order valence-corrected chi connectivity index (χ3v) is 2.94. The molecule has 17 heavy (non-hydrogen) atoms. The summed E-state index contributed by atoms with van der Waals surface area (Å²) in [5.41, 5.74) is 5.03. The van der Waals surface area contributed by atoms with Crippen LogP contribution in [0, 0.1) is 0 Å². The lowest BCUT2D eigenvalue weighted by Gasteiger charge is -2.24. The van der Waals surface area contributed by atoms with Crippen LogP contribution in [0.3, 0.4) is 0 Å². The number of H-pyrrole nitrogens is 1. The Morgan fingerprint density at radius 3 is 2.71 bits per heavy atom. The normalized spacial score (nSPS) is 17.0. The maximum atomic E-state index is 11.6. The Hall–Kier alpha value is -1.76. The van der Waals surface area contributed by atoms with Crippen molar-refractivity contribution >= 4 is 11.5 Å². The number of anilines is 2. The minimum Gasteiger partial charge on any atom is -0.383 e. The highest BCUT2D eigenvalue weighted by Gasteiger charge is 2.17. The van der Waals surface area contributed by atoms with Crippen molar-refractivity contribution in [1.82, 2.24) is 9.55 Å². The highest BCUT2D eigenvalue weighted by atomic mass is 16.5. The van der Waals surface area contributed by atoms with Crippen molar-refractivity contribution < 1.29 is 4.74 Å². The van der Waals surface area contributed by atoms with Crippen molar-refractivity contribution in [3.8, 4) is 0 Å². The molecule has 0 unspecified atom stereocenters. The number of nitrogens with one attached hydrogen (secondary N) is 2. The highest BCUT2D eigenvalue weighted by molar-refractivity contribution is 5.60. The summed E-state index contributed by atoms with van der Waals surface area (Å²) in [6, 6.07) is 0.157. The smallest absolute Gasteiger partial charge is 0.329 e. The Labute approximate surface area is 97.6 Å². The van der Waals surface area contributed by atoms with E-state index in [2.05, 4.69) is 10.3 Å². The number of aromatic nitrogens is 2. The van der Waals surface area contributed by atoms with Crippen molar-refractivity contribution in [1.29, 1.82) is 0 Å². The maximum absolute atomic E-state index is 11.6. The Morgan fingerprint density at radius 2 is 2.06 bits per heavy atom. The van der Waals surface area contributed by atoms with E-state index >= 15 is 0 Å². The first kappa shape index (κ1) is 11.7. The molecule has 1 aliphatic heterocycles. The molecule has 7 nitrogen and oxygen atoms in total. The van der Waals surface area contributed by atoms with E-state index in [0.29, 0.717) is 13.2 Å². The molecular formula is C10H16N4O3. The summed E-state index contributed by atoms with van der Waals surface area (Å²) in [6.45, 7) is 1.34. The van der Waals surface area contributed by atoms with Crippen LogP contribution in [0.2, 0.25) is 0 Å². The fourth-order valence-corrected chi connectivity index (χ4v) is 1.82. The van der Waals surface area contributed by atoms with Crippen LogP contribution >= 0.6 is 0 Å². The van der Waals surface area contributed by atoms with E-state index in [1.165, 1.54) is 11.6 Å². The highest BCUT2D eigenvalue weighted by Crippen LogP contribution is 2.15. The van der Waals surface area contributed by atoms with Gasteiger partial charge in [0.15, 0.2) is 0 Å². The van der Waals surface area contributed by atoms with Crippen molar-refractivity contribution in [3.63, 3.8) is 0 Å². The first-order valence-electron chi connectivity index (χ1n) is 5.52. The van der Waals surface area contributed by atoms with Gasteiger partial charge in [-0.25, -0.2) is 4.79 Å². The Kier molecular flexibility index (Phi) is 3.19. The molecule has 1 aromatic heterocycles. The first-order valence-corrected chi connectivity index (χ1v) is 5.52. The lowest BCUT2D eigenvalue weighted by Crippen LogP contribution is -2.36. The number of hydrogen-bond acceptors (Lipinski definition) is 5. The van der Waals surface area contributed by atoms with Gasteiger partial charge >= 0.3 is 5.69 Å². The molecule has 4 N–H and O–H groups in total. The van der Waals surface area contributed by atoms with E-state index in [1.807, 2.05) is 0 Å². The van der Waals surface area contributed by atoms with Gasteiger partial charge < -0.3 is 15.8 Å². The van der Waals surface area contributed by atoms with Crippen LogP contribution in [0.4, 0.5) is 11.5 Å². The second-order valence-electron chi connectivity index (χ2n) is 4.11. The molecule has 0 atom stereocenters. The van der Waals surface area contributed by atoms with Gasteiger partial charge in [-0.15, -0.1) is 0 Å². The van der Waals surface area contributed by atoms with E-state index in [-0.39, 0.29) is 17.5 Å². The average molecular weight is 240 g/mol. The van der Waals surface area contributed by atoms with Crippen LogP contribution in [0.5, 0.6) is 0 Å². The summed E-state index contributed by atoms with van der Waals surface area (Å²) in [4.78, 5) is 25.1. The number of rotatable bonds is 2. The van der Waals surface area contributed by atoms with Crippen LogP contribution < -0.4 is 22.3 Å². The molecule has 0 amide bonds. The van der Waals surface area contributed by atoms with Gasteiger partial charge in [-0.05, 0) is 12.8 Å². The van der Waals surface area contributed by atoms with Crippen molar-refractivity contribution in [2.75, 3.05) is 24.3 Å². The maximum Gasteiger partial charge on any atom is 0.329 e. The second-order valence-corrected chi connectivity index (χ2v) is 4.11. The number of nitrogens with zero attached hydrogens (tertiary/aromatic N) is 1. The largest absolute Gasteiger partial charge is 0.383 e. The van der Waals surface area contributed by atoms with Crippen molar-refractivity contribution in [3.05, 3.63) is 20.8 Å². The van der Waals surface area contributed by atoms with Gasteiger partial charge in [0, 0.05) is 26.3 Å². The monoisotopic (exact) mass is 240 g/mol. The molecule has 0 radical (unpaired) electrons. The van der Waals surface area contributed by atoms with Crippen molar-refractivity contribution in [2.24, 2.45) is 7.05 Å². The fourth-order valence-electron chi connectivity index (χ4n) is 1.82. The minimum atomic E-state index is -0.509. The van der Waals surface area contributed by atoms with E-state index in [1.54, 1.807) is 0 Å². The molecule has 0 bridgehead atoms. The van der Waals surface area contributed by atoms with Crippen LogP contribution in [0.25, 0.3) is 0 Å². The van der Waals surface area contributed by atoms with E-state index in [9.17, 15) is 9.59 Å². The lowest BCUT2D eigenvalue weighted by molar-refractivity contribution is 0.0904. The molecule has 1 fully saturated rings. The molecule has 0 aromatic carbocycles. The molecular weight excluding hydrogens is 224 g/mol. The summed E-state index contributed by atoms with van der Waals surface area (Å²) in [5.74, 6) is 0.158. The van der Waals surface area contributed by atoms with Gasteiger partial charge in [0.05, 0.1) is 0 Å². The van der Waals surface area contributed by atoms with Crippen LogP contribution in [-0.4, -0.2) is 28.8 Å². The minimum absolute atomic E-state index is 0.157. The number of nitrogens with two attached hydrogens (primary N) is 1. The zero-order valence-electron chi connectivity index (χ0n) is 9.66. The number of nitrogen functional groups attached to an aromatic ring is 1. The molecule has 1 saturated heterocycles. The first-order chi connectivity index (χ1) is 8.09. The molecule has 94 valence electrons. The second kappa shape index (κ2) is 4.62. The number of hydrogen-bond donors (Lipinski definition) is 3. The standard InChI is InChI=1S/C10H16N4O3/c1-14-8(11)7(9(15)13-10(14)16)12-6-2-4-17-5-3-6/h6,12H,2-5,11H2,1H3,(H,13,15,16). The summed E-state index contributed by atoms with van der Waals surface area (Å²) in [5, 5.41) is 3.08.